The topological polar surface area (TPSA) is 29.1 Å². The van der Waals surface area contributed by atoms with E-state index in [9.17, 15) is 4.79 Å². The molecule has 0 unspecified atom stereocenters. The summed E-state index contributed by atoms with van der Waals surface area (Å²) in [6.45, 7) is 2.51. The third-order valence-corrected chi connectivity index (χ3v) is 2.39. The summed E-state index contributed by atoms with van der Waals surface area (Å²) in [4.78, 5) is 11.3. The van der Waals surface area contributed by atoms with E-state index in [2.05, 4.69) is 5.32 Å². The molecule has 0 fully saturated rings. The molecule has 17 heavy (non-hydrogen) atoms. The largest absolute Gasteiger partial charge is 0.352 e. The van der Waals surface area contributed by atoms with Crippen LogP contribution in [0.4, 0.5) is 0 Å². The van der Waals surface area contributed by atoms with Gasteiger partial charge in [0.05, 0.1) is 0 Å². The van der Waals surface area contributed by atoms with E-state index < -0.39 is 0 Å². The van der Waals surface area contributed by atoms with E-state index in [1.807, 2.05) is 43.3 Å². The predicted molar refractivity (Wildman–Crippen MR) is 72.1 cm³/mol. The standard InChI is InChI=1S/C14H16ClNO/c1-2-3-4-8-14(17)16-10-9-12-6-5-7-13(15)11-12/h2-8,11H,9-10H2,1H3,(H,16,17)/b3-2+,8-4+. The summed E-state index contributed by atoms with van der Waals surface area (Å²) >= 11 is 5.86. The van der Waals surface area contributed by atoms with Crippen LogP contribution >= 0.6 is 11.6 Å². The van der Waals surface area contributed by atoms with Crippen molar-refractivity contribution >= 4 is 17.5 Å². The molecule has 0 saturated heterocycles. The highest BCUT2D eigenvalue weighted by Crippen LogP contribution is 2.10. The second kappa shape index (κ2) is 7.69. The van der Waals surface area contributed by atoms with E-state index in [0.717, 1.165) is 17.0 Å². The first kappa shape index (κ1) is 13.5. The fourth-order valence-electron chi connectivity index (χ4n) is 1.34. The molecule has 0 bridgehead atoms. The van der Waals surface area contributed by atoms with Crippen molar-refractivity contribution in [2.45, 2.75) is 13.3 Å². The first-order chi connectivity index (χ1) is 8.22. The van der Waals surface area contributed by atoms with Crippen molar-refractivity contribution < 1.29 is 4.79 Å². The van der Waals surface area contributed by atoms with Crippen LogP contribution in [0, 0.1) is 0 Å². The number of hydrogen-bond acceptors (Lipinski definition) is 1. The lowest BCUT2D eigenvalue weighted by molar-refractivity contribution is -0.116. The molecule has 0 spiro atoms. The normalized spacial score (nSPS) is 11.2. The summed E-state index contributed by atoms with van der Waals surface area (Å²) < 4.78 is 0. The average Bonchev–Trinajstić information content (AvgIpc) is 2.29. The van der Waals surface area contributed by atoms with Crippen molar-refractivity contribution in [3.8, 4) is 0 Å². The Bertz CT molecular complexity index is 424. The van der Waals surface area contributed by atoms with Crippen molar-refractivity contribution in [3.05, 3.63) is 59.2 Å². The zero-order valence-corrected chi connectivity index (χ0v) is 10.6. The molecule has 1 amide bonds. The molecule has 0 saturated carbocycles. The number of carbonyl (C=O) groups is 1. The van der Waals surface area contributed by atoms with E-state index in [1.54, 1.807) is 6.08 Å². The Labute approximate surface area is 107 Å². The van der Waals surface area contributed by atoms with E-state index in [0.29, 0.717) is 6.54 Å². The minimum atomic E-state index is -0.0786. The molecule has 0 aromatic heterocycles. The minimum Gasteiger partial charge on any atom is -0.352 e. The summed E-state index contributed by atoms with van der Waals surface area (Å²) in [6.07, 6.45) is 7.70. The zero-order chi connectivity index (χ0) is 12.5. The number of carbonyl (C=O) groups excluding carboxylic acids is 1. The van der Waals surface area contributed by atoms with Gasteiger partial charge in [0.15, 0.2) is 0 Å². The van der Waals surface area contributed by atoms with Gasteiger partial charge in [-0.1, -0.05) is 42.0 Å². The lowest BCUT2D eigenvalue weighted by atomic mass is 10.1. The molecule has 1 rings (SSSR count). The molecular weight excluding hydrogens is 234 g/mol. The number of hydrogen-bond donors (Lipinski definition) is 1. The zero-order valence-electron chi connectivity index (χ0n) is 9.82. The molecule has 1 N–H and O–H groups in total. The third-order valence-electron chi connectivity index (χ3n) is 2.15. The monoisotopic (exact) mass is 249 g/mol. The highest BCUT2D eigenvalue weighted by molar-refractivity contribution is 6.30. The van der Waals surface area contributed by atoms with Gasteiger partial charge in [-0.25, -0.2) is 0 Å². The molecule has 0 aliphatic rings. The van der Waals surface area contributed by atoms with E-state index in [1.165, 1.54) is 6.08 Å². The number of halogens is 1. The van der Waals surface area contributed by atoms with Gasteiger partial charge < -0.3 is 5.32 Å². The second-order valence-electron chi connectivity index (χ2n) is 3.56. The number of rotatable bonds is 5. The van der Waals surface area contributed by atoms with Crippen molar-refractivity contribution in [2.24, 2.45) is 0 Å². The van der Waals surface area contributed by atoms with Crippen LogP contribution in [0.25, 0.3) is 0 Å². The SMILES string of the molecule is C/C=C/C=C/C(=O)NCCc1cccc(Cl)c1. The highest BCUT2D eigenvalue weighted by atomic mass is 35.5. The summed E-state index contributed by atoms with van der Waals surface area (Å²) in [5.74, 6) is -0.0786. The van der Waals surface area contributed by atoms with Gasteiger partial charge in [0.2, 0.25) is 5.91 Å². The Kier molecular flexibility index (Phi) is 6.12. The Morgan fingerprint density at radius 1 is 1.41 bits per heavy atom. The van der Waals surface area contributed by atoms with Crippen LogP contribution in [0.1, 0.15) is 12.5 Å². The Morgan fingerprint density at radius 3 is 2.94 bits per heavy atom. The molecule has 2 nitrogen and oxygen atoms in total. The van der Waals surface area contributed by atoms with Gasteiger partial charge in [-0.05, 0) is 31.0 Å². The maximum absolute atomic E-state index is 11.3. The summed E-state index contributed by atoms with van der Waals surface area (Å²) in [6, 6.07) is 7.64. The summed E-state index contributed by atoms with van der Waals surface area (Å²) in [7, 11) is 0. The predicted octanol–water partition coefficient (Wildman–Crippen LogP) is 3.13. The number of allylic oxidation sites excluding steroid dienone is 3. The van der Waals surface area contributed by atoms with Gasteiger partial charge in [-0.2, -0.15) is 0 Å². The van der Waals surface area contributed by atoms with Gasteiger partial charge in [0.1, 0.15) is 0 Å². The quantitative estimate of drug-likeness (QED) is 0.631. The van der Waals surface area contributed by atoms with Crippen molar-refractivity contribution in [3.63, 3.8) is 0 Å². The number of benzene rings is 1. The van der Waals surface area contributed by atoms with Crippen LogP contribution in [0.2, 0.25) is 5.02 Å². The molecule has 90 valence electrons. The van der Waals surface area contributed by atoms with Gasteiger partial charge in [0.25, 0.3) is 0 Å². The smallest absolute Gasteiger partial charge is 0.243 e. The molecule has 0 aliphatic carbocycles. The first-order valence-corrected chi connectivity index (χ1v) is 5.92. The van der Waals surface area contributed by atoms with Crippen molar-refractivity contribution in [1.29, 1.82) is 0 Å². The number of nitrogens with one attached hydrogen (secondary N) is 1. The van der Waals surface area contributed by atoms with Crippen LogP contribution in [0.3, 0.4) is 0 Å². The van der Waals surface area contributed by atoms with Gasteiger partial charge in [0, 0.05) is 17.6 Å². The third kappa shape index (κ3) is 5.93. The fourth-order valence-corrected chi connectivity index (χ4v) is 1.55. The number of amides is 1. The molecule has 0 radical (unpaired) electrons. The Morgan fingerprint density at radius 2 is 2.24 bits per heavy atom. The van der Waals surface area contributed by atoms with E-state index >= 15 is 0 Å². The van der Waals surface area contributed by atoms with Gasteiger partial charge in [-0.3, -0.25) is 4.79 Å². The Hall–Kier alpha value is -1.54. The first-order valence-electron chi connectivity index (χ1n) is 5.54. The van der Waals surface area contributed by atoms with Crippen molar-refractivity contribution in [2.75, 3.05) is 6.54 Å². The lowest BCUT2D eigenvalue weighted by Gasteiger charge is -2.02. The van der Waals surface area contributed by atoms with Crippen LogP contribution in [0.5, 0.6) is 0 Å². The molecule has 0 atom stereocenters. The average molecular weight is 250 g/mol. The fraction of sp³-hybridized carbons (Fsp3) is 0.214. The molecule has 0 aliphatic heterocycles. The molecule has 1 aromatic carbocycles. The summed E-state index contributed by atoms with van der Waals surface area (Å²) in [5, 5.41) is 3.53. The van der Waals surface area contributed by atoms with Gasteiger partial charge >= 0.3 is 0 Å². The van der Waals surface area contributed by atoms with Gasteiger partial charge in [-0.15, -0.1) is 0 Å². The minimum absolute atomic E-state index is 0.0786. The second-order valence-corrected chi connectivity index (χ2v) is 3.99. The van der Waals surface area contributed by atoms with Crippen molar-refractivity contribution in [1.82, 2.24) is 5.32 Å². The maximum atomic E-state index is 11.3. The maximum Gasteiger partial charge on any atom is 0.243 e. The van der Waals surface area contributed by atoms with Crippen LogP contribution < -0.4 is 5.32 Å². The van der Waals surface area contributed by atoms with Crippen LogP contribution in [-0.2, 0) is 11.2 Å². The molecule has 1 aromatic rings. The lowest BCUT2D eigenvalue weighted by Crippen LogP contribution is -2.23. The van der Waals surface area contributed by atoms with E-state index in [-0.39, 0.29) is 5.91 Å². The molecular formula is C14H16ClNO. The van der Waals surface area contributed by atoms with Crippen LogP contribution in [-0.4, -0.2) is 12.5 Å². The van der Waals surface area contributed by atoms with Crippen LogP contribution in [0.15, 0.2) is 48.6 Å². The van der Waals surface area contributed by atoms with E-state index in [4.69, 9.17) is 11.6 Å². The Balaban J connectivity index is 2.30. The molecule has 3 heteroatoms. The highest BCUT2D eigenvalue weighted by Gasteiger charge is 1.96. The molecule has 0 heterocycles. The summed E-state index contributed by atoms with van der Waals surface area (Å²) in [5.41, 5.74) is 1.12.